The molecule has 0 aliphatic carbocycles. The molecule has 1 N–H and O–H groups in total. The topological polar surface area (TPSA) is 32.3 Å². The van der Waals surface area contributed by atoms with Gasteiger partial charge in [0.05, 0.1) is 10.0 Å². The van der Waals surface area contributed by atoms with E-state index < -0.39 is 0 Å². The van der Waals surface area contributed by atoms with Gasteiger partial charge >= 0.3 is 0 Å². The molecule has 2 aromatic carbocycles. The number of nitrogens with zero attached hydrogens (tertiary/aromatic N) is 1. The third kappa shape index (κ3) is 4.90. The van der Waals surface area contributed by atoms with Crippen molar-refractivity contribution < 1.29 is 4.79 Å². The number of amides is 1. The minimum Gasteiger partial charge on any atom is -0.372 e. The van der Waals surface area contributed by atoms with Crippen LogP contribution in [0.25, 0.3) is 0 Å². The average Bonchev–Trinajstić information content (AvgIpc) is 3.16. The van der Waals surface area contributed by atoms with Gasteiger partial charge < -0.3 is 10.2 Å². The van der Waals surface area contributed by atoms with Gasteiger partial charge in [0.15, 0.2) is 0 Å². The molecule has 2 aromatic rings. The Bertz CT molecular complexity index is 725. The molecule has 132 valence electrons. The van der Waals surface area contributed by atoms with Crippen LogP contribution in [0, 0.1) is 0 Å². The Labute approximate surface area is 158 Å². The van der Waals surface area contributed by atoms with Gasteiger partial charge in [-0.3, -0.25) is 4.79 Å². The molecule has 1 amide bonds. The largest absolute Gasteiger partial charge is 0.372 e. The summed E-state index contributed by atoms with van der Waals surface area (Å²) in [6, 6.07) is 13.9. The zero-order chi connectivity index (χ0) is 17.6. The Hall–Kier alpha value is -1.71. The normalized spacial score (nSPS) is 13.9. The van der Waals surface area contributed by atoms with Gasteiger partial charge in [0.25, 0.3) is 0 Å². The summed E-state index contributed by atoms with van der Waals surface area (Å²) in [5.41, 5.74) is 3.28. The molecule has 0 bridgehead atoms. The number of carbonyl (C=O) groups is 1. The van der Waals surface area contributed by atoms with E-state index >= 15 is 0 Å². The second kappa shape index (κ2) is 8.59. The van der Waals surface area contributed by atoms with Gasteiger partial charge in [-0.2, -0.15) is 0 Å². The lowest BCUT2D eigenvalue weighted by atomic mass is 10.1. The highest BCUT2D eigenvalue weighted by Gasteiger charge is 2.12. The van der Waals surface area contributed by atoms with Gasteiger partial charge in [-0.05, 0) is 48.6 Å². The Morgan fingerprint density at radius 2 is 1.76 bits per heavy atom. The molecule has 0 radical (unpaired) electrons. The third-order valence-corrected chi connectivity index (χ3v) is 5.41. The molecule has 1 fully saturated rings. The molecule has 1 aliphatic rings. The summed E-state index contributed by atoms with van der Waals surface area (Å²) in [7, 11) is 0. The minimum absolute atomic E-state index is 0.0136. The van der Waals surface area contributed by atoms with E-state index in [0.717, 1.165) is 24.2 Å². The zero-order valence-electron chi connectivity index (χ0n) is 14.1. The maximum absolute atomic E-state index is 12.1. The number of aryl methyl sites for hydroxylation is 1. The molecule has 0 unspecified atom stereocenters. The molecule has 3 nitrogen and oxygen atoms in total. The molecule has 5 heteroatoms. The van der Waals surface area contributed by atoms with Crippen molar-refractivity contribution in [3.05, 3.63) is 63.6 Å². The molecule has 25 heavy (non-hydrogen) atoms. The Morgan fingerprint density at radius 3 is 2.48 bits per heavy atom. The van der Waals surface area contributed by atoms with Gasteiger partial charge in [0.1, 0.15) is 0 Å². The van der Waals surface area contributed by atoms with Crippen molar-refractivity contribution in [2.45, 2.75) is 32.2 Å². The van der Waals surface area contributed by atoms with Crippen LogP contribution in [-0.2, 0) is 17.8 Å². The van der Waals surface area contributed by atoms with E-state index in [1.165, 1.54) is 18.5 Å². The highest BCUT2D eigenvalue weighted by molar-refractivity contribution is 6.42. The number of anilines is 1. The predicted octanol–water partition coefficient (Wildman–Crippen LogP) is 4.84. The van der Waals surface area contributed by atoms with Crippen molar-refractivity contribution in [2.75, 3.05) is 18.0 Å². The molecule has 1 saturated heterocycles. The van der Waals surface area contributed by atoms with Crippen molar-refractivity contribution >= 4 is 34.8 Å². The van der Waals surface area contributed by atoms with Crippen LogP contribution in [0.3, 0.4) is 0 Å². The fourth-order valence-electron chi connectivity index (χ4n) is 3.08. The summed E-state index contributed by atoms with van der Waals surface area (Å²) < 4.78 is 0. The second-order valence-electron chi connectivity index (χ2n) is 6.35. The van der Waals surface area contributed by atoms with Crippen LogP contribution >= 0.6 is 23.2 Å². The van der Waals surface area contributed by atoms with E-state index in [1.807, 2.05) is 12.1 Å². The van der Waals surface area contributed by atoms with Gasteiger partial charge in [0.2, 0.25) is 5.91 Å². The first kappa shape index (κ1) is 18.1. The van der Waals surface area contributed by atoms with Crippen molar-refractivity contribution in [1.82, 2.24) is 5.32 Å². The predicted molar refractivity (Wildman–Crippen MR) is 105 cm³/mol. The van der Waals surface area contributed by atoms with Crippen LogP contribution in [0.4, 0.5) is 5.69 Å². The second-order valence-corrected chi connectivity index (χ2v) is 7.14. The molecular formula is C20H22Cl2N2O. The molecule has 0 atom stereocenters. The monoisotopic (exact) mass is 376 g/mol. The summed E-state index contributed by atoms with van der Waals surface area (Å²) in [5, 5.41) is 4.03. The Kier molecular flexibility index (Phi) is 6.22. The van der Waals surface area contributed by atoms with Crippen molar-refractivity contribution in [2.24, 2.45) is 0 Å². The van der Waals surface area contributed by atoms with E-state index in [-0.39, 0.29) is 5.91 Å². The van der Waals surface area contributed by atoms with E-state index in [2.05, 4.69) is 34.5 Å². The fourth-order valence-corrected chi connectivity index (χ4v) is 3.49. The molecule has 0 spiro atoms. The number of rotatable bonds is 6. The highest BCUT2D eigenvalue weighted by atomic mass is 35.5. The van der Waals surface area contributed by atoms with Gasteiger partial charge in [-0.25, -0.2) is 0 Å². The summed E-state index contributed by atoms with van der Waals surface area (Å²) >= 11 is 12.1. The van der Waals surface area contributed by atoms with Gasteiger partial charge in [0, 0.05) is 31.7 Å². The molecule has 0 saturated carbocycles. The number of halogens is 2. The molecular weight excluding hydrogens is 355 g/mol. The van der Waals surface area contributed by atoms with Crippen LogP contribution in [0.5, 0.6) is 0 Å². The molecule has 1 aliphatic heterocycles. The third-order valence-electron chi connectivity index (χ3n) is 4.55. The van der Waals surface area contributed by atoms with Crippen molar-refractivity contribution in [1.29, 1.82) is 0 Å². The number of carbonyl (C=O) groups excluding carboxylic acids is 1. The summed E-state index contributed by atoms with van der Waals surface area (Å²) in [6.45, 7) is 2.83. The lowest BCUT2D eigenvalue weighted by Crippen LogP contribution is -2.23. The molecule has 1 heterocycles. The van der Waals surface area contributed by atoms with E-state index in [9.17, 15) is 4.79 Å². The van der Waals surface area contributed by atoms with Crippen LogP contribution < -0.4 is 10.2 Å². The molecule has 3 rings (SSSR count). The maximum Gasteiger partial charge on any atom is 0.220 e. The van der Waals surface area contributed by atoms with E-state index in [0.29, 0.717) is 29.4 Å². The number of hydrogen-bond acceptors (Lipinski definition) is 2. The number of hydrogen-bond donors (Lipinski definition) is 1. The van der Waals surface area contributed by atoms with Gasteiger partial charge in [-0.15, -0.1) is 0 Å². The quantitative estimate of drug-likeness (QED) is 0.781. The summed E-state index contributed by atoms with van der Waals surface area (Å²) in [4.78, 5) is 14.5. The standard InChI is InChI=1S/C20H22Cl2N2O/c21-18-5-3-4-16(20(18)22)8-11-19(25)23-14-15-6-9-17(10-7-15)24-12-1-2-13-24/h3-7,9-10H,1-2,8,11-14H2,(H,23,25). The Balaban J connectivity index is 1.46. The van der Waals surface area contributed by atoms with Crippen LogP contribution in [0.2, 0.25) is 10.0 Å². The van der Waals surface area contributed by atoms with Crippen LogP contribution in [0.15, 0.2) is 42.5 Å². The van der Waals surface area contributed by atoms with Crippen molar-refractivity contribution in [3.63, 3.8) is 0 Å². The highest BCUT2D eigenvalue weighted by Crippen LogP contribution is 2.26. The fraction of sp³-hybridized carbons (Fsp3) is 0.350. The average molecular weight is 377 g/mol. The first-order valence-electron chi connectivity index (χ1n) is 8.67. The van der Waals surface area contributed by atoms with Crippen molar-refractivity contribution in [3.8, 4) is 0 Å². The Morgan fingerprint density at radius 1 is 1.04 bits per heavy atom. The SMILES string of the molecule is O=C(CCc1cccc(Cl)c1Cl)NCc1ccc(N2CCCC2)cc1. The maximum atomic E-state index is 12.1. The van der Waals surface area contributed by atoms with Crippen LogP contribution in [-0.4, -0.2) is 19.0 Å². The van der Waals surface area contributed by atoms with E-state index in [1.54, 1.807) is 6.07 Å². The summed E-state index contributed by atoms with van der Waals surface area (Å²) in [5.74, 6) is 0.0136. The molecule has 0 aromatic heterocycles. The lowest BCUT2D eigenvalue weighted by molar-refractivity contribution is -0.121. The number of nitrogens with one attached hydrogen (secondary N) is 1. The zero-order valence-corrected chi connectivity index (χ0v) is 15.6. The summed E-state index contributed by atoms with van der Waals surface area (Å²) in [6.07, 6.45) is 3.52. The lowest BCUT2D eigenvalue weighted by Gasteiger charge is -2.17. The van der Waals surface area contributed by atoms with Crippen LogP contribution in [0.1, 0.15) is 30.4 Å². The first-order chi connectivity index (χ1) is 12.1. The van der Waals surface area contributed by atoms with Gasteiger partial charge in [-0.1, -0.05) is 47.5 Å². The first-order valence-corrected chi connectivity index (χ1v) is 9.42. The van der Waals surface area contributed by atoms with E-state index in [4.69, 9.17) is 23.2 Å². The number of benzene rings is 2. The smallest absolute Gasteiger partial charge is 0.220 e. The minimum atomic E-state index is 0.0136.